The minimum absolute atomic E-state index is 0.0376. The predicted molar refractivity (Wildman–Crippen MR) is 127 cm³/mol. The van der Waals surface area contributed by atoms with Gasteiger partial charge in [0, 0.05) is 31.5 Å². The molecule has 0 N–H and O–H groups in total. The molecule has 4 rings (SSSR count). The molecule has 2 aliphatic heterocycles. The van der Waals surface area contributed by atoms with Gasteiger partial charge in [-0.2, -0.15) is 0 Å². The molecular formula is C25H32N2O4S. The van der Waals surface area contributed by atoms with Gasteiger partial charge in [-0.1, -0.05) is 32.9 Å². The van der Waals surface area contributed by atoms with Gasteiger partial charge in [0.05, 0.1) is 17.0 Å². The second-order valence-corrected chi connectivity index (χ2v) is 10.9. The highest BCUT2D eigenvalue weighted by Gasteiger charge is 2.35. The number of ether oxygens (including phenoxy) is 1. The highest BCUT2D eigenvalue weighted by molar-refractivity contribution is 7.92. The molecule has 1 amide bonds. The minimum Gasteiger partial charge on any atom is -0.381 e. The molecule has 0 bridgehead atoms. The van der Waals surface area contributed by atoms with Crippen LogP contribution in [-0.4, -0.2) is 40.1 Å². The molecule has 172 valence electrons. The van der Waals surface area contributed by atoms with E-state index in [1.807, 2.05) is 43.0 Å². The fourth-order valence-electron chi connectivity index (χ4n) is 4.52. The molecule has 7 heteroatoms. The van der Waals surface area contributed by atoms with Gasteiger partial charge in [-0.15, -0.1) is 0 Å². The maximum atomic E-state index is 13.7. The topological polar surface area (TPSA) is 66.9 Å². The van der Waals surface area contributed by atoms with Crippen molar-refractivity contribution in [3.63, 3.8) is 0 Å². The molecule has 2 aromatic carbocycles. The van der Waals surface area contributed by atoms with Crippen LogP contribution >= 0.6 is 0 Å². The van der Waals surface area contributed by atoms with Crippen LogP contribution in [-0.2, 0) is 32.4 Å². The van der Waals surface area contributed by atoms with Crippen molar-refractivity contribution >= 4 is 27.3 Å². The largest absolute Gasteiger partial charge is 0.381 e. The molecular weight excluding hydrogens is 424 g/mol. The molecule has 0 atom stereocenters. The van der Waals surface area contributed by atoms with Crippen molar-refractivity contribution in [1.82, 2.24) is 0 Å². The van der Waals surface area contributed by atoms with E-state index in [-0.39, 0.29) is 29.2 Å². The zero-order valence-electron chi connectivity index (χ0n) is 19.1. The third-order valence-electron chi connectivity index (χ3n) is 6.23. The molecule has 0 saturated carbocycles. The average Bonchev–Trinajstić information content (AvgIpc) is 3.12. The van der Waals surface area contributed by atoms with E-state index in [1.165, 1.54) is 9.87 Å². The first-order valence-electron chi connectivity index (χ1n) is 11.5. The summed E-state index contributed by atoms with van der Waals surface area (Å²) >= 11 is 0. The van der Waals surface area contributed by atoms with Gasteiger partial charge < -0.3 is 9.64 Å². The van der Waals surface area contributed by atoms with Crippen molar-refractivity contribution in [2.45, 2.75) is 57.4 Å². The van der Waals surface area contributed by atoms with E-state index in [4.69, 9.17) is 4.74 Å². The first kappa shape index (κ1) is 22.8. The Morgan fingerprint density at radius 2 is 1.78 bits per heavy atom. The van der Waals surface area contributed by atoms with Crippen LogP contribution in [0.3, 0.4) is 0 Å². The summed E-state index contributed by atoms with van der Waals surface area (Å²) in [6.07, 6.45) is 2.76. The second-order valence-electron chi connectivity index (χ2n) is 9.02. The molecule has 1 saturated heterocycles. The van der Waals surface area contributed by atoms with Crippen LogP contribution in [0, 0.1) is 5.92 Å². The van der Waals surface area contributed by atoms with Gasteiger partial charge in [0.1, 0.15) is 0 Å². The van der Waals surface area contributed by atoms with E-state index in [0.717, 1.165) is 30.5 Å². The van der Waals surface area contributed by atoms with Crippen LogP contribution in [0.15, 0.2) is 47.4 Å². The van der Waals surface area contributed by atoms with Crippen molar-refractivity contribution < 1.29 is 17.9 Å². The summed E-state index contributed by atoms with van der Waals surface area (Å²) in [4.78, 5) is 14.9. The minimum atomic E-state index is -3.77. The van der Waals surface area contributed by atoms with Crippen molar-refractivity contribution in [1.29, 1.82) is 0 Å². The molecule has 2 aliphatic rings. The number of hydrogen-bond donors (Lipinski definition) is 0. The summed E-state index contributed by atoms with van der Waals surface area (Å²) in [6, 6.07) is 13.0. The monoisotopic (exact) mass is 456 g/mol. The zero-order valence-corrected chi connectivity index (χ0v) is 19.9. The summed E-state index contributed by atoms with van der Waals surface area (Å²) in [5.74, 6) is 0.200. The van der Waals surface area contributed by atoms with Gasteiger partial charge in [-0.05, 0) is 66.6 Å². The number of aryl methyl sites for hydroxylation is 1. The van der Waals surface area contributed by atoms with Crippen LogP contribution in [0.25, 0.3) is 0 Å². The Morgan fingerprint density at radius 1 is 1.09 bits per heavy atom. The lowest BCUT2D eigenvalue weighted by molar-refractivity contribution is -0.118. The molecule has 0 aliphatic carbocycles. The highest BCUT2D eigenvalue weighted by atomic mass is 32.2. The highest BCUT2D eigenvalue weighted by Crippen LogP contribution is 2.36. The fourth-order valence-corrected chi connectivity index (χ4v) is 6.20. The number of hydrogen-bond acceptors (Lipinski definition) is 4. The molecule has 0 spiro atoms. The molecule has 32 heavy (non-hydrogen) atoms. The summed E-state index contributed by atoms with van der Waals surface area (Å²) < 4.78 is 34.3. The van der Waals surface area contributed by atoms with Gasteiger partial charge >= 0.3 is 0 Å². The van der Waals surface area contributed by atoms with E-state index in [2.05, 4.69) is 6.92 Å². The SMILES string of the molecule is CCc1ccc(N(CC(C)C)S(=O)(=O)c2ccc3c(c2)CC(=O)N3C2CCOCC2)cc1. The summed E-state index contributed by atoms with van der Waals surface area (Å²) in [5, 5.41) is 0. The lowest BCUT2D eigenvalue weighted by atomic mass is 10.1. The standard InChI is InChI=1S/C25H32N2O4S/c1-4-19-5-7-21(8-6-19)26(17-18(2)3)32(29,30)23-9-10-24-20(15-23)16-25(28)27(24)22-11-13-31-14-12-22/h5-10,15,18,22H,4,11-14,16-17H2,1-3H3. The number of nitrogens with zero attached hydrogens (tertiary/aromatic N) is 2. The Bertz CT molecular complexity index is 1070. The number of fused-ring (bicyclic) bond motifs is 1. The van der Waals surface area contributed by atoms with Crippen LogP contribution in [0.5, 0.6) is 0 Å². The average molecular weight is 457 g/mol. The fraction of sp³-hybridized carbons (Fsp3) is 0.480. The predicted octanol–water partition coefficient (Wildman–Crippen LogP) is 4.17. The van der Waals surface area contributed by atoms with Crippen LogP contribution in [0.2, 0.25) is 0 Å². The van der Waals surface area contributed by atoms with Crippen molar-refractivity contribution in [3.05, 3.63) is 53.6 Å². The maximum Gasteiger partial charge on any atom is 0.264 e. The van der Waals surface area contributed by atoms with Crippen LogP contribution < -0.4 is 9.21 Å². The summed E-state index contributed by atoms with van der Waals surface area (Å²) in [7, 11) is -3.77. The van der Waals surface area contributed by atoms with Gasteiger partial charge in [0.15, 0.2) is 0 Å². The van der Waals surface area contributed by atoms with Crippen LogP contribution in [0.4, 0.5) is 11.4 Å². The number of carbonyl (C=O) groups excluding carboxylic acids is 1. The molecule has 0 unspecified atom stereocenters. The van der Waals surface area contributed by atoms with Crippen LogP contribution in [0.1, 0.15) is 44.7 Å². The number of benzene rings is 2. The molecule has 2 heterocycles. The Morgan fingerprint density at radius 3 is 2.41 bits per heavy atom. The first-order valence-corrected chi connectivity index (χ1v) is 12.9. The second kappa shape index (κ2) is 9.24. The van der Waals surface area contributed by atoms with Gasteiger partial charge in [0.2, 0.25) is 5.91 Å². The summed E-state index contributed by atoms with van der Waals surface area (Å²) in [5.41, 5.74) is 3.45. The lowest BCUT2D eigenvalue weighted by Crippen LogP contribution is -2.41. The van der Waals surface area contributed by atoms with E-state index < -0.39 is 10.0 Å². The number of carbonyl (C=O) groups is 1. The quantitative estimate of drug-likeness (QED) is 0.627. The molecule has 0 aromatic heterocycles. The van der Waals surface area contributed by atoms with Crippen molar-refractivity contribution in [2.75, 3.05) is 29.0 Å². The Balaban J connectivity index is 1.68. The Hall–Kier alpha value is -2.38. The normalized spacial score (nSPS) is 17.1. The molecule has 6 nitrogen and oxygen atoms in total. The maximum absolute atomic E-state index is 13.7. The summed E-state index contributed by atoms with van der Waals surface area (Å²) in [6.45, 7) is 7.78. The Labute approximate surface area is 191 Å². The van der Waals surface area contributed by atoms with E-state index in [1.54, 1.807) is 18.2 Å². The number of sulfonamides is 1. The van der Waals surface area contributed by atoms with Gasteiger partial charge in [-0.25, -0.2) is 8.42 Å². The molecule has 0 radical (unpaired) electrons. The number of amides is 1. The van der Waals surface area contributed by atoms with Gasteiger partial charge in [0.25, 0.3) is 10.0 Å². The third-order valence-corrected chi connectivity index (χ3v) is 8.02. The van der Waals surface area contributed by atoms with E-state index >= 15 is 0 Å². The van der Waals surface area contributed by atoms with E-state index in [9.17, 15) is 13.2 Å². The molecule has 2 aromatic rings. The van der Waals surface area contributed by atoms with Crippen molar-refractivity contribution in [3.8, 4) is 0 Å². The third kappa shape index (κ3) is 4.41. The Kier molecular flexibility index (Phi) is 6.58. The number of rotatable bonds is 7. The van der Waals surface area contributed by atoms with Crippen molar-refractivity contribution in [2.24, 2.45) is 5.92 Å². The smallest absolute Gasteiger partial charge is 0.264 e. The molecule has 1 fully saturated rings. The number of anilines is 2. The zero-order chi connectivity index (χ0) is 22.9. The lowest BCUT2D eigenvalue weighted by Gasteiger charge is -2.31. The first-order chi connectivity index (χ1) is 15.3. The van der Waals surface area contributed by atoms with E-state index in [0.29, 0.717) is 25.4 Å². The van der Waals surface area contributed by atoms with Gasteiger partial charge in [-0.3, -0.25) is 9.10 Å².